The molecule has 0 aromatic heterocycles. The summed E-state index contributed by atoms with van der Waals surface area (Å²) >= 11 is 0. The average molecular weight is 140 g/mol. The fourth-order valence-corrected chi connectivity index (χ4v) is 1.22. The molecule has 1 aliphatic carbocycles. The Morgan fingerprint density at radius 1 is 1.50 bits per heavy atom. The van der Waals surface area contributed by atoms with Gasteiger partial charge in [0.1, 0.15) is 0 Å². The molecule has 1 fully saturated rings. The largest absolute Gasteiger partial charge is 0.469 e. The zero-order valence-electron chi connectivity index (χ0n) is 6.22. The van der Waals surface area contributed by atoms with Gasteiger partial charge >= 0.3 is 5.97 Å². The maximum Gasteiger partial charge on any atom is 0.308 e. The van der Waals surface area contributed by atoms with Crippen LogP contribution >= 0.6 is 0 Å². The summed E-state index contributed by atoms with van der Waals surface area (Å²) < 4.78 is 4.62. The smallest absolute Gasteiger partial charge is 0.308 e. The van der Waals surface area contributed by atoms with Crippen molar-refractivity contribution in [2.24, 2.45) is 5.92 Å². The lowest BCUT2D eigenvalue weighted by atomic mass is 9.89. The molecule has 0 aliphatic heterocycles. The summed E-state index contributed by atoms with van der Waals surface area (Å²) in [5, 5.41) is 0. The number of ether oxygens (including phenoxy) is 1. The summed E-state index contributed by atoms with van der Waals surface area (Å²) in [4.78, 5) is 10.9. The number of esters is 1. The average Bonchev–Trinajstić information content (AvgIpc) is 2.05. The van der Waals surface area contributed by atoms with Gasteiger partial charge in [0.15, 0.2) is 0 Å². The highest BCUT2D eigenvalue weighted by Crippen LogP contribution is 2.23. The van der Waals surface area contributed by atoms with Crippen LogP contribution in [0.25, 0.3) is 0 Å². The van der Waals surface area contributed by atoms with Crippen molar-refractivity contribution < 1.29 is 9.53 Å². The fraction of sp³-hybridized carbons (Fsp3) is 0.750. The Morgan fingerprint density at radius 2 is 2.10 bits per heavy atom. The molecule has 0 amide bonds. The molecule has 1 aliphatic rings. The first-order valence-electron chi connectivity index (χ1n) is 3.63. The Kier molecular flexibility index (Phi) is 2.72. The molecule has 0 spiro atoms. The van der Waals surface area contributed by atoms with Crippen LogP contribution in [0, 0.1) is 12.3 Å². The molecule has 10 heavy (non-hydrogen) atoms. The molecule has 0 N–H and O–H groups in total. The molecule has 0 atom stereocenters. The van der Waals surface area contributed by atoms with E-state index in [1.54, 1.807) is 0 Å². The van der Waals surface area contributed by atoms with E-state index >= 15 is 0 Å². The Morgan fingerprint density at radius 3 is 2.60 bits per heavy atom. The molecule has 1 rings (SSSR count). The summed E-state index contributed by atoms with van der Waals surface area (Å²) in [7, 11) is 1.45. The van der Waals surface area contributed by atoms with Gasteiger partial charge in [0.25, 0.3) is 0 Å². The summed E-state index contributed by atoms with van der Waals surface area (Å²) in [6.45, 7) is 0. The van der Waals surface area contributed by atoms with Gasteiger partial charge in [-0.15, -0.1) is 0 Å². The quantitative estimate of drug-likeness (QED) is 0.515. The predicted molar refractivity (Wildman–Crippen MR) is 37.2 cm³/mol. The van der Waals surface area contributed by atoms with Crippen LogP contribution in [0.15, 0.2) is 0 Å². The molecule has 0 aromatic rings. The second-order valence-corrected chi connectivity index (χ2v) is 2.55. The summed E-state index contributed by atoms with van der Waals surface area (Å²) in [5.41, 5.74) is 0. The maximum absolute atomic E-state index is 10.9. The molecule has 0 saturated heterocycles. The highest BCUT2D eigenvalue weighted by atomic mass is 16.5. The van der Waals surface area contributed by atoms with E-state index in [2.05, 4.69) is 11.2 Å². The Bertz CT molecular complexity index is 114. The van der Waals surface area contributed by atoms with Crippen LogP contribution in [0.3, 0.4) is 0 Å². The minimum absolute atomic E-state index is 0.0542. The molecule has 0 aromatic carbocycles. The van der Waals surface area contributed by atoms with Crippen LogP contribution in [0.4, 0.5) is 0 Å². The van der Waals surface area contributed by atoms with E-state index in [4.69, 9.17) is 0 Å². The van der Waals surface area contributed by atoms with Crippen LogP contribution in [0.2, 0.25) is 0 Å². The zero-order valence-corrected chi connectivity index (χ0v) is 6.22. The van der Waals surface area contributed by atoms with E-state index in [-0.39, 0.29) is 11.9 Å². The number of carbonyl (C=O) groups is 1. The van der Waals surface area contributed by atoms with Crippen molar-refractivity contribution in [3.63, 3.8) is 0 Å². The van der Waals surface area contributed by atoms with Gasteiger partial charge in [0.05, 0.1) is 13.0 Å². The number of carbonyl (C=O) groups excluding carboxylic acids is 1. The topological polar surface area (TPSA) is 26.3 Å². The van der Waals surface area contributed by atoms with Gasteiger partial charge in [0.2, 0.25) is 0 Å². The lowest BCUT2D eigenvalue weighted by molar-refractivity contribution is -0.146. The van der Waals surface area contributed by atoms with Gasteiger partial charge < -0.3 is 4.74 Å². The van der Waals surface area contributed by atoms with Crippen molar-refractivity contribution in [1.29, 1.82) is 0 Å². The molecule has 56 valence electrons. The SMILES string of the molecule is COC(=O)C1CC[C]CC1. The summed E-state index contributed by atoms with van der Waals surface area (Å²) in [6.07, 6.45) is 6.92. The first kappa shape index (κ1) is 7.58. The molecule has 0 bridgehead atoms. The van der Waals surface area contributed by atoms with E-state index in [1.807, 2.05) is 0 Å². The highest BCUT2D eigenvalue weighted by Gasteiger charge is 2.21. The second-order valence-electron chi connectivity index (χ2n) is 2.55. The lowest BCUT2D eigenvalue weighted by Crippen LogP contribution is -2.18. The number of methoxy groups -OCH3 is 1. The van der Waals surface area contributed by atoms with Gasteiger partial charge in [-0.3, -0.25) is 4.79 Å². The molecular formula is C8H12O2. The van der Waals surface area contributed by atoms with Crippen molar-refractivity contribution in [3.8, 4) is 0 Å². The Balaban J connectivity index is 2.31. The first-order chi connectivity index (χ1) is 4.84. The monoisotopic (exact) mass is 140 g/mol. The van der Waals surface area contributed by atoms with E-state index < -0.39 is 0 Å². The van der Waals surface area contributed by atoms with Crippen LogP contribution < -0.4 is 0 Å². The summed E-state index contributed by atoms with van der Waals surface area (Å²) in [5.74, 6) is 0.0905. The second kappa shape index (κ2) is 3.59. The van der Waals surface area contributed by atoms with Crippen molar-refractivity contribution in [3.05, 3.63) is 6.42 Å². The molecule has 2 heteroatoms. The number of rotatable bonds is 1. The molecule has 0 heterocycles. The van der Waals surface area contributed by atoms with Gasteiger partial charge in [-0.05, 0) is 32.1 Å². The van der Waals surface area contributed by atoms with Crippen LogP contribution in [0.1, 0.15) is 25.7 Å². The molecular weight excluding hydrogens is 128 g/mol. The van der Waals surface area contributed by atoms with Gasteiger partial charge in [-0.25, -0.2) is 0 Å². The molecule has 0 unspecified atom stereocenters. The van der Waals surface area contributed by atoms with Crippen molar-refractivity contribution >= 4 is 5.97 Å². The minimum Gasteiger partial charge on any atom is -0.469 e. The predicted octanol–water partition coefficient (Wildman–Crippen LogP) is 1.43. The Hall–Kier alpha value is -0.530. The maximum atomic E-state index is 10.9. The zero-order chi connectivity index (χ0) is 7.40. The van der Waals surface area contributed by atoms with Crippen LogP contribution in [-0.4, -0.2) is 13.1 Å². The first-order valence-corrected chi connectivity index (χ1v) is 3.63. The Labute approximate surface area is 61.6 Å². The van der Waals surface area contributed by atoms with Crippen molar-refractivity contribution in [1.82, 2.24) is 0 Å². The van der Waals surface area contributed by atoms with E-state index in [0.717, 1.165) is 25.7 Å². The van der Waals surface area contributed by atoms with E-state index in [9.17, 15) is 4.79 Å². The molecule has 2 nitrogen and oxygen atoms in total. The van der Waals surface area contributed by atoms with Crippen LogP contribution in [0.5, 0.6) is 0 Å². The molecule has 1 saturated carbocycles. The van der Waals surface area contributed by atoms with Crippen molar-refractivity contribution in [2.45, 2.75) is 25.7 Å². The lowest BCUT2D eigenvalue weighted by Gasteiger charge is -2.17. The standard InChI is InChI=1S/C8H12O2/c1-10-8(9)7-5-3-2-4-6-7/h7H,3-6H2,1H3. The van der Waals surface area contributed by atoms with E-state index in [0.29, 0.717) is 0 Å². The third-order valence-electron chi connectivity index (χ3n) is 1.87. The summed E-state index contributed by atoms with van der Waals surface area (Å²) in [6, 6.07) is 0. The molecule has 2 radical (unpaired) electrons. The minimum atomic E-state index is -0.0542. The third-order valence-corrected chi connectivity index (χ3v) is 1.87. The van der Waals surface area contributed by atoms with Crippen LogP contribution in [-0.2, 0) is 9.53 Å². The number of hydrogen-bond donors (Lipinski definition) is 0. The van der Waals surface area contributed by atoms with E-state index in [1.165, 1.54) is 7.11 Å². The van der Waals surface area contributed by atoms with Gasteiger partial charge in [0, 0.05) is 0 Å². The highest BCUT2D eigenvalue weighted by molar-refractivity contribution is 5.72. The van der Waals surface area contributed by atoms with Gasteiger partial charge in [-0.1, -0.05) is 0 Å². The van der Waals surface area contributed by atoms with Gasteiger partial charge in [-0.2, -0.15) is 0 Å². The van der Waals surface area contributed by atoms with Crippen molar-refractivity contribution in [2.75, 3.05) is 7.11 Å². The third kappa shape index (κ3) is 1.72. The normalized spacial score (nSPS) is 20.5. The number of hydrogen-bond acceptors (Lipinski definition) is 2. The fourth-order valence-electron chi connectivity index (χ4n) is 1.22.